The Hall–Kier alpha value is -0.720. The van der Waals surface area contributed by atoms with Crippen LogP contribution >= 0.6 is 11.3 Å². The van der Waals surface area contributed by atoms with Gasteiger partial charge in [0.15, 0.2) is 5.78 Å². The van der Waals surface area contributed by atoms with Crippen LogP contribution in [0.25, 0.3) is 0 Å². The summed E-state index contributed by atoms with van der Waals surface area (Å²) in [6, 6.07) is 3.41. The van der Waals surface area contributed by atoms with Crippen molar-refractivity contribution in [3.8, 4) is 0 Å². The van der Waals surface area contributed by atoms with Crippen molar-refractivity contribution in [2.45, 2.75) is 0 Å². The molecule has 72 valence electrons. The van der Waals surface area contributed by atoms with E-state index < -0.39 is 10.0 Å². The van der Waals surface area contributed by atoms with Crippen LogP contribution in [0, 0.1) is 0 Å². The zero-order chi connectivity index (χ0) is 9.90. The van der Waals surface area contributed by atoms with Crippen LogP contribution in [0.3, 0.4) is 0 Å². The molecule has 0 spiro atoms. The van der Waals surface area contributed by atoms with Crippen molar-refractivity contribution >= 4 is 27.1 Å². The number of hydrogen-bond donors (Lipinski definition) is 1. The van der Waals surface area contributed by atoms with Gasteiger partial charge in [0.2, 0.25) is 10.0 Å². The highest BCUT2D eigenvalue weighted by Crippen LogP contribution is 2.08. The molecule has 0 aliphatic heterocycles. The second-order valence-electron chi connectivity index (χ2n) is 2.49. The molecule has 1 aromatic heterocycles. The van der Waals surface area contributed by atoms with Gasteiger partial charge in [0.1, 0.15) is 0 Å². The van der Waals surface area contributed by atoms with Gasteiger partial charge in [0.05, 0.1) is 17.7 Å². The van der Waals surface area contributed by atoms with Gasteiger partial charge in [-0.25, -0.2) is 13.1 Å². The summed E-state index contributed by atoms with van der Waals surface area (Å²) in [6.07, 6.45) is 1.02. The van der Waals surface area contributed by atoms with E-state index in [0.717, 1.165) is 6.26 Å². The minimum absolute atomic E-state index is 0.167. The smallest absolute Gasteiger partial charge is 0.209 e. The second kappa shape index (κ2) is 3.99. The van der Waals surface area contributed by atoms with Crippen LogP contribution in [-0.4, -0.2) is 27.0 Å². The lowest BCUT2D eigenvalue weighted by Gasteiger charge is -1.98. The molecule has 0 radical (unpaired) electrons. The average molecular weight is 219 g/mol. The van der Waals surface area contributed by atoms with Crippen LogP contribution in [0.15, 0.2) is 17.5 Å². The molecule has 0 unspecified atom stereocenters. The third-order valence-corrected chi connectivity index (χ3v) is 2.87. The van der Waals surface area contributed by atoms with Gasteiger partial charge in [-0.15, -0.1) is 11.3 Å². The lowest BCUT2D eigenvalue weighted by molar-refractivity contribution is 0.100. The fourth-order valence-electron chi connectivity index (χ4n) is 0.721. The van der Waals surface area contributed by atoms with E-state index in [1.165, 1.54) is 11.3 Å². The lowest BCUT2D eigenvalue weighted by Crippen LogP contribution is -2.28. The summed E-state index contributed by atoms with van der Waals surface area (Å²) in [4.78, 5) is 11.8. The molecule has 0 aliphatic carbocycles. The minimum Gasteiger partial charge on any atom is -0.292 e. The van der Waals surface area contributed by atoms with Crippen LogP contribution in [0.2, 0.25) is 0 Å². The van der Waals surface area contributed by atoms with Crippen LogP contribution in [0.4, 0.5) is 0 Å². The number of sulfonamides is 1. The molecule has 0 amide bonds. The van der Waals surface area contributed by atoms with Gasteiger partial charge >= 0.3 is 0 Å². The zero-order valence-corrected chi connectivity index (χ0v) is 8.61. The molecule has 4 nitrogen and oxygen atoms in total. The fourth-order valence-corrected chi connectivity index (χ4v) is 1.78. The number of hydrogen-bond acceptors (Lipinski definition) is 4. The molecule has 0 atom stereocenters. The molecule has 1 aromatic rings. The maximum atomic E-state index is 11.2. The van der Waals surface area contributed by atoms with Gasteiger partial charge in [0.25, 0.3) is 0 Å². The highest BCUT2D eigenvalue weighted by molar-refractivity contribution is 7.88. The molecule has 0 aromatic carbocycles. The molecule has 0 saturated heterocycles. The number of thiophene rings is 1. The molecule has 0 fully saturated rings. The number of nitrogens with one attached hydrogen (secondary N) is 1. The van der Waals surface area contributed by atoms with E-state index in [4.69, 9.17) is 0 Å². The first-order chi connectivity index (χ1) is 5.99. The summed E-state index contributed by atoms with van der Waals surface area (Å²) in [6.45, 7) is -0.167. The standard InChI is InChI=1S/C7H9NO3S2/c1-13(10,11)8-5-6(9)7-3-2-4-12-7/h2-4,8H,5H2,1H3. The third kappa shape index (κ3) is 3.67. The SMILES string of the molecule is CS(=O)(=O)NCC(=O)c1cccs1. The molecule has 1 heterocycles. The monoisotopic (exact) mass is 219 g/mol. The summed E-state index contributed by atoms with van der Waals surface area (Å²) in [5.74, 6) is -0.208. The number of carbonyl (C=O) groups excluding carboxylic acids is 1. The quantitative estimate of drug-likeness (QED) is 0.749. The lowest BCUT2D eigenvalue weighted by atomic mass is 10.3. The topological polar surface area (TPSA) is 63.2 Å². The molecule has 0 saturated carbocycles. The molecule has 0 bridgehead atoms. The Labute approximate surface area is 80.6 Å². The average Bonchev–Trinajstić information content (AvgIpc) is 2.50. The van der Waals surface area contributed by atoms with Gasteiger partial charge in [-0.1, -0.05) is 6.07 Å². The van der Waals surface area contributed by atoms with E-state index in [0.29, 0.717) is 4.88 Å². The highest BCUT2D eigenvalue weighted by Gasteiger charge is 2.08. The number of rotatable bonds is 4. The summed E-state index contributed by atoms with van der Waals surface area (Å²) in [5, 5.41) is 1.77. The van der Waals surface area contributed by atoms with E-state index >= 15 is 0 Å². The normalized spacial score (nSPS) is 11.5. The Balaban J connectivity index is 2.53. The summed E-state index contributed by atoms with van der Waals surface area (Å²) in [7, 11) is -3.28. The van der Waals surface area contributed by atoms with Crippen molar-refractivity contribution in [3.63, 3.8) is 0 Å². The third-order valence-electron chi connectivity index (χ3n) is 1.29. The Kier molecular flexibility index (Phi) is 3.18. The van der Waals surface area contributed by atoms with Crippen molar-refractivity contribution in [2.24, 2.45) is 0 Å². The molecule has 1 rings (SSSR count). The molecule has 13 heavy (non-hydrogen) atoms. The summed E-state index contributed by atoms with van der Waals surface area (Å²) in [5.41, 5.74) is 0. The molecular formula is C7H9NO3S2. The Morgan fingerprint density at radius 3 is 2.77 bits per heavy atom. The van der Waals surface area contributed by atoms with Gasteiger partial charge in [-0.05, 0) is 11.4 Å². The van der Waals surface area contributed by atoms with E-state index in [2.05, 4.69) is 4.72 Å². The van der Waals surface area contributed by atoms with E-state index in [1.54, 1.807) is 17.5 Å². The van der Waals surface area contributed by atoms with E-state index in [9.17, 15) is 13.2 Å². The maximum absolute atomic E-state index is 11.2. The van der Waals surface area contributed by atoms with Gasteiger partial charge in [0, 0.05) is 0 Å². The Bertz CT molecular complexity index is 380. The maximum Gasteiger partial charge on any atom is 0.209 e. The van der Waals surface area contributed by atoms with Gasteiger partial charge in [-0.2, -0.15) is 0 Å². The first-order valence-electron chi connectivity index (χ1n) is 3.50. The largest absolute Gasteiger partial charge is 0.292 e. The van der Waals surface area contributed by atoms with Gasteiger partial charge < -0.3 is 0 Å². The van der Waals surface area contributed by atoms with Crippen molar-refractivity contribution in [1.29, 1.82) is 0 Å². The van der Waals surface area contributed by atoms with Crippen LogP contribution in [0.1, 0.15) is 9.67 Å². The predicted octanol–water partition coefficient (Wildman–Crippen LogP) is 0.480. The first-order valence-corrected chi connectivity index (χ1v) is 6.27. The van der Waals surface area contributed by atoms with Crippen molar-refractivity contribution in [1.82, 2.24) is 4.72 Å². The van der Waals surface area contributed by atoms with Crippen molar-refractivity contribution in [3.05, 3.63) is 22.4 Å². The summed E-state index contributed by atoms with van der Waals surface area (Å²) < 4.78 is 23.4. The fraction of sp³-hybridized carbons (Fsp3) is 0.286. The molecule has 0 aliphatic rings. The zero-order valence-electron chi connectivity index (χ0n) is 6.98. The second-order valence-corrected chi connectivity index (χ2v) is 5.27. The predicted molar refractivity (Wildman–Crippen MR) is 51.5 cm³/mol. The van der Waals surface area contributed by atoms with Gasteiger partial charge in [-0.3, -0.25) is 4.79 Å². The minimum atomic E-state index is -3.28. The van der Waals surface area contributed by atoms with Crippen LogP contribution in [0.5, 0.6) is 0 Å². The molecule has 1 N–H and O–H groups in total. The van der Waals surface area contributed by atoms with E-state index in [1.807, 2.05) is 0 Å². The van der Waals surface area contributed by atoms with Crippen molar-refractivity contribution in [2.75, 3.05) is 12.8 Å². The van der Waals surface area contributed by atoms with Crippen LogP contribution in [-0.2, 0) is 10.0 Å². The molecule has 6 heteroatoms. The number of carbonyl (C=O) groups is 1. The highest BCUT2D eigenvalue weighted by atomic mass is 32.2. The number of Topliss-reactive ketones (excluding diaryl/α,β-unsaturated/α-hetero) is 1. The Morgan fingerprint density at radius 2 is 2.31 bits per heavy atom. The Morgan fingerprint density at radius 1 is 1.62 bits per heavy atom. The van der Waals surface area contributed by atoms with Crippen molar-refractivity contribution < 1.29 is 13.2 Å². The first kappa shape index (κ1) is 10.4. The van der Waals surface area contributed by atoms with E-state index in [-0.39, 0.29) is 12.3 Å². The molecular weight excluding hydrogens is 210 g/mol. The number of ketones is 1. The summed E-state index contributed by atoms with van der Waals surface area (Å²) >= 11 is 1.30. The van der Waals surface area contributed by atoms with Crippen LogP contribution < -0.4 is 4.72 Å².